The molecule has 1 aliphatic carbocycles. The van der Waals surface area contributed by atoms with Crippen LogP contribution in [0.5, 0.6) is 0 Å². The van der Waals surface area contributed by atoms with Crippen LogP contribution in [0.15, 0.2) is 0 Å². The summed E-state index contributed by atoms with van der Waals surface area (Å²) in [6.07, 6.45) is 2.59. The van der Waals surface area contributed by atoms with E-state index in [1.807, 2.05) is 0 Å². The van der Waals surface area contributed by atoms with Crippen molar-refractivity contribution in [3.63, 3.8) is 0 Å². The van der Waals surface area contributed by atoms with Gasteiger partial charge in [-0.25, -0.2) is 0 Å². The highest BCUT2D eigenvalue weighted by atomic mass is 28.4. The molecule has 0 spiro atoms. The lowest BCUT2D eigenvalue weighted by Crippen LogP contribution is -2.34. The van der Waals surface area contributed by atoms with Gasteiger partial charge in [-0.1, -0.05) is 0 Å². The second-order valence-electron chi connectivity index (χ2n) is 6.80. The topological polar surface area (TPSA) is 18.5 Å². The monoisotopic (exact) mass is 246 g/mol. The minimum atomic E-state index is -1.35. The first kappa shape index (κ1) is 13.4. The molecule has 1 rings (SSSR count). The van der Waals surface area contributed by atoms with Crippen molar-refractivity contribution in [3.05, 3.63) is 0 Å². The van der Waals surface area contributed by atoms with E-state index in [4.69, 9.17) is 8.85 Å². The van der Waals surface area contributed by atoms with Crippen molar-refractivity contribution in [2.75, 3.05) is 13.2 Å². The van der Waals surface area contributed by atoms with Crippen LogP contribution in [0.4, 0.5) is 0 Å². The summed E-state index contributed by atoms with van der Waals surface area (Å²) < 4.78 is 12.0. The van der Waals surface area contributed by atoms with Crippen LogP contribution >= 0.6 is 0 Å². The molecule has 0 atom stereocenters. The van der Waals surface area contributed by atoms with Crippen LogP contribution in [0.25, 0.3) is 0 Å². The molecular formula is C11H26O2Si2. The molecule has 0 aromatic rings. The van der Waals surface area contributed by atoms with Crippen molar-refractivity contribution in [1.82, 2.24) is 0 Å². The predicted octanol–water partition coefficient (Wildman–Crippen LogP) is 3.47. The Bertz CT molecular complexity index is 192. The fourth-order valence-electron chi connectivity index (χ4n) is 1.25. The average molecular weight is 246 g/mol. The van der Waals surface area contributed by atoms with Crippen LogP contribution in [-0.4, -0.2) is 29.8 Å². The van der Waals surface area contributed by atoms with Gasteiger partial charge in [-0.2, -0.15) is 0 Å². The summed E-state index contributed by atoms with van der Waals surface area (Å²) in [7, 11) is -2.69. The van der Waals surface area contributed by atoms with E-state index in [9.17, 15) is 0 Å². The lowest BCUT2D eigenvalue weighted by molar-refractivity contribution is 0.153. The normalized spacial score (nSPS) is 20.4. The SMILES string of the molecule is C[Si](C)(C)OCC1(CO[Si](C)(C)C)CC1. The highest BCUT2D eigenvalue weighted by Gasteiger charge is 2.44. The maximum absolute atomic E-state index is 6.00. The molecule has 0 radical (unpaired) electrons. The molecule has 4 heteroatoms. The second-order valence-corrected chi connectivity index (χ2v) is 15.8. The summed E-state index contributed by atoms with van der Waals surface area (Å²) in [6, 6.07) is 0. The number of rotatable bonds is 6. The van der Waals surface area contributed by atoms with Crippen LogP contribution in [0.2, 0.25) is 39.3 Å². The highest BCUT2D eigenvalue weighted by molar-refractivity contribution is 6.70. The molecule has 0 saturated heterocycles. The van der Waals surface area contributed by atoms with E-state index in [1.54, 1.807) is 0 Å². The maximum Gasteiger partial charge on any atom is 0.183 e. The molecule has 0 aromatic heterocycles. The van der Waals surface area contributed by atoms with E-state index >= 15 is 0 Å². The van der Waals surface area contributed by atoms with Gasteiger partial charge in [0, 0.05) is 18.6 Å². The van der Waals surface area contributed by atoms with Crippen LogP contribution in [0, 0.1) is 5.41 Å². The largest absolute Gasteiger partial charge is 0.417 e. The summed E-state index contributed by atoms with van der Waals surface area (Å²) in [4.78, 5) is 0. The van der Waals surface area contributed by atoms with E-state index in [2.05, 4.69) is 39.3 Å². The third-order valence-corrected chi connectivity index (χ3v) is 4.60. The van der Waals surface area contributed by atoms with Crippen molar-refractivity contribution in [3.8, 4) is 0 Å². The van der Waals surface area contributed by atoms with Crippen molar-refractivity contribution in [2.24, 2.45) is 5.41 Å². The van der Waals surface area contributed by atoms with Crippen LogP contribution in [0.1, 0.15) is 12.8 Å². The zero-order valence-electron chi connectivity index (χ0n) is 11.1. The van der Waals surface area contributed by atoms with Gasteiger partial charge in [0.05, 0.1) is 0 Å². The molecular weight excluding hydrogens is 220 g/mol. The van der Waals surface area contributed by atoms with Crippen molar-refractivity contribution < 1.29 is 8.85 Å². The first-order chi connectivity index (χ1) is 6.62. The van der Waals surface area contributed by atoms with Crippen LogP contribution in [0.3, 0.4) is 0 Å². The molecule has 0 amide bonds. The quantitative estimate of drug-likeness (QED) is 0.668. The van der Waals surface area contributed by atoms with Crippen molar-refractivity contribution in [2.45, 2.75) is 52.1 Å². The van der Waals surface area contributed by atoms with E-state index < -0.39 is 16.6 Å². The summed E-state index contributed by atoms with van der Waals surface area (Å²) in [5, 5.41) is 0. The predicted molar refractivity (Wildman–Crippen MR) is 70.3 cm³/mol. The Labute approximate surface area is 96.6 Å². The standard InChI is InChI=1S/C11H26O2Si2/c1-14(2,3)12-9-11(7-8-11)10-13-15(4,5)6/h7-10H2,1-6H3. The fourth-order valence-corrected chi connectivity index (χ4v) is 2.72. The van der Waals surface area contributed by atoms with E-state index in [0.717, 1.165) is 13.2 Å². The molecule has 15 heavy (non-hydrogen) atoms. The Morgan fingerprint density at radius 2 is 1.13 bits per heavy atom. The molecule has 0 heterocycles. The van der Waals surface area contributed by atoms with Gasteiger partial charge in [-0.15, -0.1) is 0 Å². The molecule has 90 valence electrons. The molecule has 1 saturated carbocycles. The fraction of sp³-hybridized carbons (Fsp3) is 1.00. The summed E-state index contributed by atoms with van der Waals surface area (Å²) in [6.45, 7) is 15.4. The zero-order valence-corrected chi connectivity index (χ0v) is 13.1. The Morgan fingerprint density at radius 1 is 0.800 bits per heavy atom. The average Bonchev–Trinajstić information content (AvgIpc) is 2.76. The molecule has 1 aliphatic rings. The number of hydrogen-bond acceptors (Lipinski definition) is 2. The first-order valence-electron chi connectivity index (χ1n) is 5.90. The minimum absolute atomic E-state index is 0.389. The molecule has 0 N–H and O–H groups in total. The minimum Gasteiger partial charge on any atom is -0.417 e. The van der Waals surface area contributed by atoms with Gasteiger partial charge in [-0.05, 0) is 52.1 Å². The van der Waals surface area contributed by atoms with Crippen molar-refractivity contribution in [1.29, 1.82) is 0 Å². The zero-order chi connectivity index (χ0) is 11.7. The van der Waals surface area contributed by atoms with Gasteiger partial charge in [0.1, 0.15) is 0 Å². The van der Waals surface area contributed by atoms with Gasteiger partial charge in [-0.3, -0.25) is 0 Å². The van der Waals surface area contributed by atoms with Crippen molar-refractivity contribution >= 4 is 16.6 Å². The maximum atomic E-state index is 6.00. The molecule has 2 nitrogen and oxygen atoms in total. The van der Waals surface area contributed by atoms with Gasteiger partial charge < -0.3 is 8.85 Å². The molecule has 0 bridgehead atoms. The third-order valence-electron chi connectivity index (χ3n) is 2.58. The molecule has 0 aliphatic heterocycles. The lowest BCUT2D eigenvalue weighted by Gasteiger charge is -2.26. The molecule has 0 aromatic carbocycles. The number of hydrogen-bond donors (Lipinski definition) is 0. The van der Waals surface area contributed by atoms with E-state index in [1.165, 1.54) is 12.8 Å². The Morgan fingerprint density at radius 3 is 1.33 bits per heavy atom. The second kappa shape index (κ2) is 4.32. The molecule has 1 fully saturated rings. The lowest BCUT2D eigenvalue weighted by atomic mass is 10.1. The van der Waals surface area contributed by atoms with E-state index in [-0.39, 0.29) is 0 Å². The van der Waals surface area contributed by atoms with Gasteiger partial charge in [0.2, 0.25) is 0 Å². The summed E-state index contributed by atoms with van der Waals surface area (Å²) in [5.74, 6) is 0. The van der Waals surface area contributed by atoms with Gasteiger partial charge in [0.25, 0.3) is 0 Å². The Balaban J connectivity index is 2.28. The first-order valence-corrected chi connectivity index (χ1v) is 12.7. The summed E-state index contributed by atoms with van der Waals surface area (Å²) >= 11 is 0. The van der Waals surface area contributed by atoms with Gasteiger partial charge >= 0.3 is 0 Å². The smallest absolute Gasteiger partial charge is 0.183 e. The Hall–Kier alpha value is 0.354. The van der Waals surface area contributed by atoms with E-state index in [0.29, 0.717) is 5.41 Å². The van der Waals surface area contributed by atoms with Gasteiger partial charge in [0.15, 0.2) is 16.6 Å². The highest BCUT2D eigenvalue weighted by Crippen LogP contribution is 2.46. The Kier molecular flexibility index (Phi) is 3.86. The molecule has 0 unspecified atom stereocenters. The van der Waals surface area contributed by atoms with Crippen LogP contribution < -0.4 is 0 Å². The van der Waals surface area contributed by atoms with Crippen LogP contribution in [-0.2, 0) is 8.85 Å². The summed E-state index contributed by atoms with van der Waals surface area (Å²) in [5.41, 5.74) is 0.389. The third kappa shape index (κ3) is 5.85.